The van der Waals surface area contributed by atoms with Crippen molar-refractivity contribution in [2.24, 2.45) is 17.8 Å². The maximum atomic E-state index is 13.7. The van der Waals surface area contributed by atoms with Crippen LogP contribution in [0.5, 0.6) is 0 Å². The van der Waals surface area contributed by atoms with Crippen LogP contribution in [0.4, 0.5) is 5.82 Å². The molecule has 1 fully saturated rings. The topological polar surface area (TPSA) is 72.6 Å². The van der Waals surface area contributed by atoms with Gasteiger partial charge in [0.25, 0.3) is 5.91 Å². The van der Waals surface area contributed by atoms with Gasteiger partial charge in [-0.2, -0.15) is 0 Å². The lowest BCUT2D eigenvalue weighted by molar-refractivity contribution is -0.134. The van der Waals surface area contributed by atoms with Gasteiger partial charge in [0, 0.05) is 6.07 Å². The summed E-state index contributed by atoms with van der Waals surface area (Å²) in [6, 6.07) is 6.08. The molecular formula is C23H22Cl2N2O4. The number of nitrogens with zero attached hydrogens (tertiary/aromatic N) is 2. The molecule has 5 rings (SSSR count). The molecule has 31 heavy (non-hydrogen) atoms. The molecule has 162 valence electrons. The highest BCUT2D eigenvalue weighted by atomic mass is 35.5. The van der Waals surface area contributed by atoms with Crippen molar-refractivity contribution in [3.8, 4) is 0 Å². The number of fused-ring (bicyclic) bond motifs is 1. The van der Waals surface area contributed by atoms with Gasteiger partial charge in [-0.05, 0) is 49.3 Å². The second-order valence-electron chi connectivity index (χ2n) is 8.84. The predicted octanol–water partition coefficient (Wildman–Crippen LogP) is 5.28. The number of carbonyl (C=O) groups excluding carboxylic acids is 2. The van der Waals surface area contributed by atoms with Crippen molar-refractivity contribution < 1.29 is 18.8 Å². The number of ether oxygens (including phenoxy) is 1. The Balaban J connectivity index is 1.65. The second-order valence-corrected chi connectivity index (χ2v) is 9.66. The summed E-state index contributed by atoms with van der Waals surface area (Å²) in [6.07, 6.45) is 1.21. The van der Waals surface area contributed by atoms with E-state index in [1.807, 2.05) is 0 Å². The minimum atomic E-state index is -0.704. The number of carbonyl (C=O) groups is 2. The lowest BCUT2D eigenvalue weighted by Gasteiger charge is -2.40. The molecule has 1 aromatic carbocycles. The first kappa shape index (κ1) is 20.6. The normalized spacial score (nSPS) is 30.4. The molecule has 0 N–H and O–H groups in total. The molecule has 0 bridgehead atoms. The van der Waals surface area contributed by atoms with E-state index >= 15 is 0 Å². The van der Waals surface area contributed by atoms with Crippen molar-refractivity contribution >= 4 is 40.7 Å². The van der Waals surface area contributed by atoms with E-state index in [0.29, 0.717) is 44.6 Å². The lowest BCUT2D eigenvalue weighted by Crippen LogP contribution is -2.43. The zero-order valence-corrected chi connectivity index (χ0v) is 18.9. The third kappa shape index (κ3) is 3.19. The fourth-order valence-corrected chi connectivity index (χ4v) is 5.27. The van der Waals surface area contributed by atoms with Crippen molar-refractivity contribution in [3.63, 3.8) is 0 Å². The number of aryl methyl sites for hydroxylation is 1. The Labute approximate surface area is 190 Å². The van der Waals surface area contributed by atoms with Gasteiger partial charge in [-0.3, -0.25) is 14.5 Å². The van der Waals surface area contributed by atoms with Gasteiger partial charge in [-0.25, -0.2) is 0 Å². The molecule has 1 amide bonds. The number of hydrogen-bond acceptors (Lipinski definition) is 5. The Morgan fingerprint density at radius 3 is 2.48 bits per heavy atom. The number of halogens is 2. The summed E-state index contributed by atoms with van der Waals surface area (Å²) >= 11 is 12.4. The molecule has 0 spiro atoms. The van der Waals surface area contributed by atoms with E-state index in [-0.39, 0.29) is 23.6 Å². The molecule has 2 aliphatic heterocycles. The number of ketones is 1. The number of hydrogen-bond donors (Lipinski definition) is 0. The van der Waals surface area contributed by atoms with Crippen LogP contribution >= 0.6 is 23.2 Å². The highest BCUT2D eigenvalue weighted by Crippen LogP contribution is 2.50. The fraction of sp³-hybridized carbons (Fsp3) is 0.435. The summed E-state index contributed by atoms with van der Waals surface area (Å²) < 4.78 is 11.5. The van der Waals surface area contributed by atoms with Crippen molar-refractivity contribution in [3.05, 3.63) is 57.0 Å². The van der Waals surface area contributed by atoms with Crippen LogP contribution in [-0.4, -0.2) is 23.0 Å². The summed E-state index contributed by atoms with van der Waals surface area (Å²) in [6.45, 7) is 6.08. The molecule has 3 heterocycles. The predicted molar refractivity (Wildman–Crippen MR) is 116 cm³/mol. The van der Waals surface area contributed by atoms with Gasteiger partial charge < -0.3 is 9.26 Å². The SMILES string of the molecule is Cc1cc(N2C(=O)C3=C(C(=O)C4CC(C)C(C)CC4O3)C2c2ccc(Cl)c(Cl)c2)no1. The third-order valence-electron chi connectivity index (χ3n) is 6.83. The molecule has 5 unspecified atom stereocenters. The first-order chi connectivity index (χ1) is 14.8. The van der Waals surface area contributed by atoms with E-state index in [1.165, 1.54) is 4.90 Å². The average molecular weight is 461 g/mol. The van der Waals surface area contributed by atoms with Gasteiger partial charge in [0.05, 0.1) is 27.6 Å². The maximum Gasteiger partial charge on any atom is 0.295 e. The van der Waals surface area contributed by atoms with E-state index in [0.717, 1.165) is 12.8 Å². The number of amides is 1. The fourth-order valence-electron chi connectivity index (χ4n) is 4.96. The minimum Gasteiger partial charge on any atom is -0.483 e. The zero-order valence-electron chi connectivity index (χ0n) is 17.4. The quantitative estimate of drug-likeness (QED) is 0.609. The Morgan fingerprint density at radius 1 is 1.06 bits per heavy atom. The van der Waals surface area contributed by atoms with E-state index in [2.05, 4.69) is 19.0 Å². The van der Waals surface area contributed by atoms with E-state index in [1.54, 1.807) is 31.2 Å². The molecule has 1 aromatic heterocycles. The minimum absolute atomic E-state index is 0.0304. The maximum absolute atomic E-state index is 13.7. The largest absolute Gasteiger partial charge is 0.483 e. The van der Waals surface area contributed by atoms with Crippen molar-refractivity contribution in [2.75, 3.05) is 4.90 Å². The molecule has 1 saturated carbocycles. The van der Waals surface area contributed by atoms with Crippen LogP contribution in [0.15, 0.2) is 40.1 Å². The molecule has 5 atom stereocenters. The monoisotopic (exact) mass is 460 g/mol. The van der Waals surface area contributed by atoms with Gasteiger partial charge in [0.2, 0.25) is 0 Å². The highest BCUT2D eigenvalue weighted by molar-refractivity contribution is 6.42. The average Bonchev–Trinajstić information content (AvgIpc) is 3.27. The highest BCUT2D eigenvalue weighted by Gasteiger charge is 2.54. The molecule has 0 radical (unpaired) electrons. The summed E-state index contributed by atoms with van der Waals surface area (Å²) in [5.74, 6) is 1.15. The van der Waals surface area contributed by atoms with Crippen LogP contribution in [0.2, 0.25) is 10.0 Å². The molecule has 3 aliphatic rings. The van der Waals surface area contributed by atoms with Crippen molar-refractivity contribution in [1.29, 1.82) is 0 Å². The second kappa shape index (κ2) is 7.38. The van der Waals surface area contributed by atoms with E-state index in [4.69, 9.17) is 32.5 Å². The molecule has 0 saturated heterocycles. The zero-order chi connectivity index (χ0) is 22.0. The van der Waals surface area contributed by atoms with E-state index in [9.17, 15) is 9.59 Å². The molecule has 1 aliphatic carbocycles. The Kier molecular flexibility index (Phi) is 4.90. The lowest BCUT2D eigenvalue weighted by atomic mass is 9.70. The molecular weight excluding hydrogens is 439 g/mol. The summed E-state index contributed by atoms with van der Waals surface area (Å²) in [5, 5.41) is 4.78. The van der Waals surface area contributed by atoms with Crippen LogP contribution in [0.1, 0.15) is 44.1 Å². The summed E-state index contributed by atoms with van der Waals surface area (Å²) in [7, 11) is 0. The molecule has 6 nitrogen and oxygen atoms in total. The number of aromatic nitrogens is 1. The Morgan fingerprint density at radius 2 is 1.81 bits per heavy atom. The smallest absolute Gasteiger partial charge is 0.295 e. The van der Waals surface area contributed by atoms with Crippen LogP contribution in [0, 0.1) is 24.7 Å². The first-order valence-corrected chi connectivity index (χ1v) is 11.2. The summed E-state index contributed by atoms with van der Waals surface area (Å²) in [4.78, 5) is 28.7. The van der Waals surface area contributed by atoms with Gasteiger partial charge in [-0.1, -0.05) is 48.3 Å². The number of anilines is 1. The van der Waals surface area contributed by atoms with E-state index < -0.39 is 11.9 Å². The van der Waals surface area contributed by atoms with Gasteiger partial charge in [0.1, 0.15) is 11.9 Å². The van der Waals surface area contributed by atoms with Crippen LogP contribution < -0.4 is 4.90 Å². The Hall–Kier alpha value is -2.31. The standard InChI is InChI=1S/C23H22Cl2N2O4/c1-10-6-14-17(7-11(10)2)30-22-19(21(14)28)20(13-4-5-15(24)16(25)9-13)27(23(22)29)18-8-12(3)31-26-18/h4-5,8-11,14,17,20H,6-7H2,1-3H3. The van der Waals surface area contributed by atoms with Gasteiger partial charge in [-0.15, -0.1) is 0 Å². The Bertz CT molecular complexity index is 1120. The molecule has 2 aromatic rings. The first-order valence-electron chi connectivity index (χ1n) is 10.4. The summed E-state index contributed by atoms with van der Waals surface area (Å²) in [5.41, 5.74) is 1.04. The van der Waals surface area contributed by atoms with Crippen molar-refractivity contribution in [1.82, 2.24) is 5.16 Å². The third-order valence-corrected chi connectivity index (χ3v) is 7.57. The van der Waals surface area contributed by atoms with Crippen LogP contribution in [0.25, 0.3) is 0 Å². The number of Topliss-reactive ketones (excluding diaryl/α,β-unsaturated/α-hetero) is 1. The van der Waals surface area contributed by atoms with Gasteiger partial charge in [0.15, 0.2) is 17.4 Å². The number of benzene rings is 1. The molecule has 8 heteroatoms. The van der Waals surface area contributed by atoms with Crippen LogP contribution in [0.3, 0.4) is 0 Å². The number of rotatable bonds is 2. The van der Waals surface area contributed by atoms with Gasteiger partial charge >= 0.3 is 0 Å². The van der Waals surface area contributed by atoms with Crippen LogP contribution in [-0.2, 0) is 14.3 Å². The van der Waals surface area contributed by atoms with Crippen molar-refractivity contribution in [2.45, 2.75) is 45.8 Å².